The summed E-state index contributed by atoms with van der Waals surface area (Å²) < 4.78 is 17.2. The molecule has 214 valence electrons. The maximum Gasteiger partial charge on any atom is 0.316 e. The summed E-state index contributed by atoms with van der Waals surface area (Å²) in [7, 11) is 4.87. The van der Waals surface area contributed by atoms with Gasteiger partial charge in [-0.1, -0.05) is 6.92 Å². The first-order chi connectivity index (χ1) is 18.9. The van der Waals surface area contributed by atoms with Crippen LogP contribution >= 0.6 is 0 Å². The van der Waals surface area contributed by atoms with Gasteiger partial charge in [-0.05, 0) is 55.9 Å². The zero-order chi connectivity index (χ0) is 29.1. The molecule has 3 aliphatic rings. The van der Waals surface area contributed by atoms with Crippen molar-refractivity contribution in [3.63, 3.8) is 0 Å². The van der Waals surface area contributed by atoms with Gasteiger partial charge in [-0.3, -0.25) is 14.4 Å². The van der Waals surface area contributed by atoms with Gasteiger partial charge < -0.3 is 39.5 Å². The van der Waals surface area contributed by atoms with Gasteiger partial charge in [0.05, 0.1) is 42.7 Å². The largest absolute Gasteiger partial charge is 0.507 e. The first-order valence-corrected chi connectivity index (χ1v) is 13.2. The van der Waals surface area contributed by atoms with Gasteiger partial charge in [0.2, 0.25) is 0 Å². The second kappa shape index (κ2) is 10.2. The highest BCUT2D eigenvalue weighted by Gasteiger charge is 2.51. The van der Waals surface area contributed by atoms with Gasteiger partial charge >= 0.3 is 5.97 Å². The van der Waals surface area contributed by atoms with Crippen LogP contribution in [-0.4, -0.2) is 94.7 Å². The number of fused-ring (bicyclic) bond motifs is 3. The fraction of sp³-hybridized carbons (Fsp3) is 0.483. The number of nitrogens with zero attached hydrogens (tertiary/aromatic N) is 1. The molecule has 0 saturated carbocycles. The zero-order valence-electron chi connectivity index (χ0n) is 22.7. The van der Waals surface area contributed by atoms with Crippen LogP contribution in [0.4, 0.5) is 0 Å². The lowest BCUT2D eigenvalue weighted by Crippen LogP contribution is -2.51. The van der Waals surface area contributed by atoms with Crippen LogP contribution in [0.2, 0.25) is 0 Å². The van der Waals surface area contributed by atoms with Crippen molar-refractivity contribution < 1.29 is 49.0 Å². The molecule has 0 aromatic heterocycles. The molecule has 0 spiro atoms. The summed E-state index contributed by atoms with van der Waals surface area (Å²) in [5, 5.41) is 42.9. The summed E-state index contributed by atoms with van der Waals surface area (Å²) in [6.07, 6.45) is -1.89. The van der Waals surface area contributed by atoms with Crippen LogP contribution in [0.15, 0.2) is 24.3 Å². The van der Waals surface area contributed by atoms with Crippen molar-refractivity contribution in [1.82, 2.24) is 4.90 Å². The predicted octanol–water partition coefficient (Wildman–Crippen LogP) is 1.77. The fourth-order valence-electron chi connectivity index (χ4n) is 6.19. The molecule has 0 bridgehead atoms. The van der Waals surface area contributed by atoms with Crippen molar-refractivity contribution >= 4 is 17.5 Å². The highest BCUT2D eigenvalue weighted by atomic mass is 16.7. The van der Waals surface area contributed by atoms with Crippen LogP contribution < -0.4 is 0 Å². The smallest absolute Gasteiger partial charge is 0.316 e. The SMILES string of the molecule is CCC1(O)CC(OC2CC(N(C)C)C(O)CO2)c2cc3c(cc2C1C(=O)OC)C(=O)c1c(O)ccc(O)c1C3=O. The molecular formula is C29H33NO10. The molecule has 2 aromatic carbocycles. The van der Waals surface area contributed by atoms with Gasteiger partial charge in [-0.25, -0.2) is 0 Å². The summed E-state index contributed by atoms with van der Waals surface area (Å²) in [5.41, 5.74) is -1.70. The third-order valence-corrected chi connectivity index (χ3v) is 8.42. The van der Waals surface area contributed by atoms with Crippen molar-refractivity contribution in [2.45, 2.75) is 62.2 Å². The first kappa shape index (κ1) is 28.2. The lowest BCUT2D eigenvalue weighted by atomic mass is 9.67. The van der Waals surface area contributed by atoms with E-state index < -0.39 is 59.1 Å². The number of benzene rings is 2. The molecule has 2 aliphatic carbocycles. The molecule has 11 nitrogen and oxygen atoms in total. The Balaban J connectivity index is 1.65. The molecule has 6 unspecified atom stereocenters. The monoisotopic (exact) mass is 555 g/mol. The minimum absolute atomic E-state index is 0.0255. The van der Waals surface area contributed by atoms with Crippen molar-refractivity contribution in [2.24, 2.45) is 0 Å². The number of phenols is 2. The van der Waals surface area contributed by atoms with E-state index in [1.807, 2.05) is 19.0 Å². The van der Waals surface area contributed by atoms with E-state index in [-0.39, 0.29) is 53.3 Å². The number of rotatable bonds is 5. The topological polar surface area (TPSA) is 163 Å². The average molecular weight is 556 g/mol. The van der Waals surface area contributed by atoms with Gasteiger partial charge in [-0.15, -0.1) is 0 Å². The number of esters is 1. The molecule has 1 heterocycles. The van der Waals surface area contributed by atoms with Gasteiger partial charge in [0, 0.05) is 30.0 Å². The Kier molecular flexibility index (Phi) is 7.22. The van der Waals surface area contributed by atoms with E-state index in [1.165, 1.54) is 19.2 Å². The molecule has 4 N–H and O–H groups in total. The number of carbonyl (C=O) groups excluding carboxylic acids is 3. The van der Waals surface area contributed by atoms with Crippen LogP contribution in [0.3, 0.4) is 0 Å². The van der Waals surface area contributed by atoms with Crippen molar-refractivity contribution in [3.05, 3.63) is 57.6 Å². The number of hydrogen-bond donors (Lipinski definition) is 4. The Morgan fingerprint density at radius 1 is 1.07 bits per heavy atom. The lowest BCUT2D eigenvalue weighted by Gasteiger charge is -2.45. The first-order valence-electron chi connectivity index (χ1n) is 13.2. The average Bonchev–Trinajstić information content (AvgIpc) is 2.92. The Morgan fingerprint density at radius 3 is 2.17 bits per heavy atom. The summed E-state index contributed by atoms with van der Waals surface area (Å²) >= 11 is 0. The molecule has 2 aromatic rings. The molecule has 1 aliphatic heterocycles. The van der Waals surface area contributed by atoms with E-state index in [4.69, 9.17) is 14.2 Å². The minimum atomic E-state index is -1.62. The molecule has 5 rings (SSSR count). The molecule has 40 heavy (non-hydrogen) atoms. The Hall–Kier alpha value is -3.35. The minimum Gasteiger partial charge on any atom is -0.507 e. The lowest BCUT2D eigenvalue weighted by molar-refractivity contribution is -0.234. The van der Waals surface area contributed by atoms with Crippen molar-refractivity contribution in [1.29, 1.82) is 0 Å². The summed E-state index contributed by atoms with van der Waals surface area (Å²) in [4.78, 5) is 42.0. The van der Waals surface area contributed by atoms with Crippen LogP contribution in [0.5, 0.6) is 11.5 Å². The molecule has 6 atom stereocenters. The van der Waals surface area contributed by atoms with Crippen LogP contribution in [0, 0.1) is 0 Å². The number of methoxy groups -OCH3 is 1. The fourth-order valence-corrected chi connectivity index (χ4v) is 6.19. The zero-order valence-corrected chi connectivity index (χ0v) is 22.7. The standard InChI is InChI=1S/C29H33NO10/c1-5-29(37)11-21(40-22-10-17(30(2)3)20(33)12-39-22)13-8-15-16(9-14(13)25(29)28(36)38-4)27(35)24-19(32)7-6-18(31)23(24)26(15)34/h6-9,17,20-22,25,31-33,37H,5,10-12H2,1-4H3. The highest BCUT2D eigenvalue weighted by molar-refractivity contribution is 6.30. The third kappa shape index (κ3) is 4.38. The molecule has 1 fully saturated rings. The summed E-state index contributed by atoms with van der Waals surface area (Å²) in [5.74, 6) is -4.19. The quantitative estimate of drug-likeness (QED) is 0.268. The molecule has 0 radical (unpaired) electrons. The van der Waals surface area contributed by atoms with Gasteiger partial charge in [0.1, 0.15) is 17.4 Å². The second-order valence-corrected chi connectivity index (χ2v) is 10.9. The van der Waals surface area contributed by atoms with Crippen LogP contribution in [-0.2, 0) is 19.0 Å². The van der Waals surface area contributed by atoms with E-state index in [1.54, 1.807) is 6.92 Å². The number of aliphatic hydroxyl groups is 2. The number of ketones is 2. The number of ether oxygens (including phenoxy) is 3. The number of phenolic OH excluding ortho intramolecular Hbond substituents is 2. The highest BCUT2D eigenvalue weighted by Crippen LogP contribution is 2.50. The summed E-state index contributed by atoms with van der Waals surface area (Å²) in [6.45, 7) is 1.75. The van der Waals surface area contributed by atoms with E-state index in [9.17, 15) is 34.8 Å². The van der Waals surface area contributed by atoms with E-state index >= 15 is 0 Å². The number of aliphatic hydroxyl groups excluding tert-OH is 1. The molecular weight excluding hydrogens is 522 g/mol. The van der Waals surface area contributed by atoms with E-state index in [0.29, 0.717) is 12.0 Å². The summed E-state index contributed by atoms with van der Waals surface area (Å²) in [6, 6.07) is 4.85. The van der Waals surface area contributed by atoms with Crippen LogP contribution in [0.25, 0.3) is 0 Å². The maximum atomic E-state index is 13.6. The molecule has 11 heteroatoms. The third-order valence-electron chi connectivity index (χ3n) is 8.42. The van der Waals surface area contributed by atoms with Gasteiger partial charge in [0.15, 0.2) is 17.9 Å². The normalized spacial score (nSPS) is 29.5. The van der Waals surface area contributed by atoms with E-state index in [0.717, 1.165) is 12.1 Å². The second-order valence-electron chi connectivity index (χ2n) is 10.9. The number of carbonyl (C=O) groups is 3. The Morgan fingerprint density at radius 2 is 1.65 bits per heavy atom. The van der Waals surface area contributed by atoms with Gasteiger partial charge in [-0.2, -0.15) is 0 Å². The maximum absolute atomic E-state index is 13.6. The number of hydrogen-bond acceptors (Lipinski definition) is 11. The Labute approximate surface area is 230 Å². The number of likely N-dealkylation sites (N-methyl/N-ethyl adjacent to an activating group) is 1. The van der Waals surface area contributed by atoms with E-state index in [2.05, 4.69) is 0 Å². The Bertz CT molecular complexity index is 1390. The van der Waals surface area contributed by atoms with Crippen molar-refractivity contribution in [2.75, 3.05) is 27.8 Å². The molecule has 0 amide bonds. The predicted molar refractivity (Wildman–Crippen MR) is 139 cm³/mol. The number of aromatic hydroxyl groups is 2. The van der Waals surface area contributed by atoms with Gasteiger partial charge in [0.25, 0.3) is 0 Å². The molecule has 1 saturated heterocycles. The van der Waals surface area contributed by atoms with Crippen LogP contribution in [0.1, 0.15) is 81.2 Å². The van der Waals surface area contributed by atoms with Crippen molar-refractivity contribution in [3.8, 4) is 11.5 Å².